The minimum absolute atomic E-state index is 0.148. The summed E-state index contributed by atoms with van der Waals surface area (Å²) in [5.74, 6) is -0.714. The third-order valence-electron chi connectivity index (χ3n) is 1.93. The van der Waals surface area contributed by atoms with E-state index in [2.05, 4.69) is 4.98 Å². The second-order valence-electron chi connectivity index (χ2n) is 2.77. The summed E-state index contributed by atoms with van der Waals surface area (Å²) in [5, 5.41) is 0. The van der Waals surface area contributed by atoms with E-state index in [1.165, 1.54) is 13.3 Å². The van der Waals surface area contributed by atoms with Crippen molar-refractivity contribution in [2.75, 3.05) is 13.7 Å². The van der Waals surface area contributed by atoms with Crippen LogP contribution in [0.25, 0.3) is 0 Å². The topological polar surface area (TPSA) is 48.1 Å². The summed E-state index contributed by atoms with van der Waals surface area (Å²) in [6.45, 7) is -0.148. The average molecular weight is 202 g/mol. The van der Waals surface area contributed by atoms with Crippen molar-refractivity contribution in [2.24, 2.45) is 5.73 Å². The van der Waals surface area contributed by atoms with Gasteiger partial charge in [-0.15, -0.1) is 0 Å². The maximum Gasteiger partial charge on any atom is 0.248 e. The van der Waals surface area contributed by atoms with Crippen molar-refractivity contribution in [3.8, 4) is 5.75 Å². The van der Waals surface area contributed by atoms with Crippen LogP contribution in [0.15, 0.2) is 18.3 Å². The Morgan fingerprint density at radius 2 is 2.29 bits per heavy atom. The Kier molecular flexibility index (Phi) is 3.76. The molecule has 3 nitrogen and oxygen atoms in total. The van der Waals surface area contributed by atoms with Crippen LogP contribution in [0, 0.1) is 0 Å². The van der Waals surface area contributed by atoms with Crippen LogP contribution in [0.2, 0.25) is 0 Å². The lowest BCUT2D eigenvalue weighted by atomic mass is 10.1. The molecule has 1 aromatic rings. The average Bonchev–Trinajstić information content (AvgIpc) is 2.19. The van der Waals surface area contributed by atoms with Crippen molar-refractivity contribution in [1.29, 1.82) is 0 Å². The summed E-state index contributed by atoms with van der Waals surface area (Å²) in [4.78, 5) is 3.86. The molecule has 1 aromatic heterocycles. The smallest absolute Gasteiger partial charge is 0.248 e. The molecule has 1 unspecified atom stereocenters. The number of hydrogen-bond acceptors (Lipinski definition) is 3. The Morgan fingerprint density at radius 1 is 1.57 bits per heavy atom. The van der Waals surface area contributed by atoms with Gasteiger partial charge in [-0.3, -0.25) is 4.98 Å². The molecule has 1 atom stereocenters. The fourth-order valence-electron chi connectivity index (χ4n) is 1.19. The van der Waals surface area contributed by atoms with Crippen LogP contribution in [-0.2, 0) is 0 Å². The fourth-order valence-corrected chi connectivity index (χ4v) is 1.19. The summed E-state index contributed by atoms with van der Waals surface area (Å²) < 4.78 is 30.0. The van der Waals surface area contributed by atoms with E-state index in [9.17, 15) is 8.78 Å². The normalized spacial score (nSPS) is 12.9. The van der Waals surface area contributed by atoms with Gasteiger partial charge in [0, 0.05) is 12.7 Å². The second kappa shape index (κ2) is 4.85. The summed E-state index contributed by atoms with van der Waals surface area (Å²) in [6, 6.07) is 3.22. The quantitative estimate of drug-likeness (QED) is 0.802. The number of nitrogens with two attached hydrogens (primary N) is 1. The zero-order chi connectivity index (χ0) is 10.6. The Balaban J connectivity index is 3.02. The Labute approximate surface area is 80.9 Å². The largest absolute Gasteiger partial charge is 0.495 e. The molecular formula is C9H12F2N2O. The molecule has 0 fully saturated rings. The molecule has 14 heavy (non-hydrogen) atoms. The Morgan fingerprint density at radius 3 is 2.79 bits per heavy atom. The first kappa shape index (κ1) is 10.8. The van der Waals surface area contributed by atoms with E-state index in [0.717, 1.165) is 0 Å². The van der Waals surface area contributed by atoms with E-state index in [1.54, 1.807) is 12.1 Å². The first-order valence-corrected chi connectivity index (χ1v) is 4.17. The number of pyridine rings is 1. The molecule has 0 aromatic carbocycles. The van der Waals surface area contributed by atoms with Gasteiger partial charge in [-0.25, -0.2) is 8.78 Å². The molecule has 1 rings (SSSR count). The molecule has 0 saturated carbocycles. The van der Waals surface area contributed by atoms with Crippen LogP contribution in [-0.4, -0.2) is 25.1 Å². The van der Waals surface area contributed by atoms with E-state index >= 15 is 0 Å². The SMILES string of the molecule is COc1cccnc1C(CN)C(F)F. The predicted octanol–water partition coefficient (Wildman–Crippen LogP) is 1.40. The molecule has 2 N–H and O–H groups in total. The number of ether oxygens (including phenoxy) is 1. The molecule has 0 aliphatic heterocycles. The summed E-state index contributed by atoms with van der Waals surface area (Å²) >= 11 is 0. The van der Waals surface area contributed by atoms with Crippen LogP contribution in [0.4, 0.5) is 8.78 Å². The Hall–Kier alpha value is -1.23. The Bertz CT molecular complexity index is 294. The van der Waals surface area contributed by atoms with Crippen molar-refractivity contribution in [2.45, 2.75) is 12.3 Å². The van der Waals surface area contributed by atoms with Gasteiger partial charge in [0.25, 0.3) is 0 Å². The number of nitrogens with zero attached hydrogens (tertiary/aromatic N) is 1. The van der Waals surface area contributed by atoms with Crippen molar-refractivity contribution in [3.05, 3.63) is 24.0 Å². The highest BCUT2D eigenvalue weighted by Gasteiger charge is 2.25. The first-order valence-electron chi connectivity index (χ1n) is 4.17. The predicted molar refractivity (Wildman–Crippen MR) is 48.6 cm³/mol. The van der Waals surface area contributed by atoms with Crippen molar-refractivity contribution >= 4 is 0 Å². The standard InChI is InChI=1S/C9H12F2N2O/c1-14-7-3-2-4-13-8(7)6(5-12)9(10)11/h2-4,6,9H,5,12H2,1H3. The molecule has 0 radical (unpaired) electrons. The molecule has 0 aliphatic carbocycles. The molecule has 5 heteroatoms. The van der Waals surface area contributed by atoms with E-state index < -0.39 is 12.3 Å². The van der Waals surface area contributed by atoms with Crippen LogP contribution in [0.5, 0.6) is 5.75 Å². The van der Waals surface area contributed by atoms with Crippen LogP contribution in [0.1, 0.15) is 11.6 Å². The van der Waals surface area contributed by atoms with Crippen molar-refractivity contribution in [3.63, 3.8) is 0 Å². The van der Waals surface area contributed by atoms with Gasteiger partial charge in [0.15, 0.2) is 0 Å². The molecule has 0 aliphatic rings. The summed E-state index contributed by atoms with van der Waals surface area (Å²) in [5.41, 5.74) is 5.47. The minimum Gasteiger partial charge on any atom is -0.495 e. The molecule has 1 heterocycles. The third kappa shape index (κ3) is 2.17. The van der Waals surface area contributed by atoms with E-state index in [4.69, 9.17) is 10.5 Å². The zero-order valence-electron chi connectivity index (χ0n) is 7.78. The second-order valence-corrected chi connectivity index (χ2v) is 2.77. The summed E-state index contributed by atoms with van der Waals surface area (Å²) in [6.07, 6.45) is -1.08. The van der Waals surface area contributed by atoms with E-state index in [0.29, 0.717) is 5.75 Å². The highest BCUT2D eigenvalue weighted by molar-refractivity contribution is 5.30. The number of alkyl halides is 2. The van der Waals surface area contributed by atoms with Gasteiger partial charge in [0.2, 0.25) is 6.43 Å². The highest BCUT2D eigenvalue weighted by atomic mass is 19.3. The molecule has 0 amide bonds. The number of hydrogen-bond donors (Lipinski definition) is 1. The molecule has 0 spiro atoms. The van der Waals surface area contributed by atoms with Gasteiger partial charge < -0.3 is 10.5 Å². The maximum absolute atomic E-state index is 12.5. The summed E-state index contributed by atoms with van der Waals surface area (Å²) in [7, 11) is 1.42. The number of methoxy groups -OCH3 is 1. The number of rotatable bonds is 4. The zero-order valence-corrected chi connectivity index (χ0v) is 7.78. The lowest BCUT2D eigenvalue weighted by Crippen LogP contribution is -2.21. The van der Waals surface area contributed by atoms with Crippen LogP contribution < -0.4 is 10.5 Å². The van der Waals surface area contributed by atoms with Crippen LogP contribution in [0.3, 0.4) is 0 Å². The van der Waals surface area contributed by atoms with Gasteiger partial charge in [0.05, 0.1) is 18.7 Å². The van der Waals surface area contributed by atoms with Crippen LogP contribution >= 0.6 is 0 Å². The van der Waals surface area contributed by atoms with Crippen molar-refractivity contribution < 1.29 is 13.5 Å². The molecule has 0 bridgehead atoms. The number of aromatic nitrogens is 1. The fraction of sp³-hybridized carbons (Fsp3) is 0.444. The van der Waals surface area contributed by atoms with Gasteiger partial charge >= 0.3 is 0 Å². The van der Waals surface area contributed by atoms with E-state index in [-0.39, 0.29) is 12.2 Å². The van der Waals surface area contributed by atoms with E-state index in [1.807, 2.05) is 0 Å². The molecule has 78 valence electrons. The third-order valence-corrected chi connectivity index (χ3v) is 1.93. The highest BCUT2D eigenvalue weighted by Crippen LogP contribution is 2.27. The number of halogens is 2. The maximum atomic E-state index is 12.5. The lowest BCUT2D eigenvalue weighted by Gasteiger charge is -2.15. The monoisotopic (exact) mass is 202 g/mol. The van der Waals surface area contributed by atoms with Gasteiger partial charge in [0.1, 0.15) is 5.75 Å². The first-order chi connectivity index (χ1) is 6.70. The lowest BCUT2D eigenvalue weighted by molar-refractivity contribution is 0.114. The van der Waals surface area contributed by atoms with Crippen molar-refractivity contribution in [1.82, 2.24) is 4.98 Å². The minimum atomic E-state index is -2.52. The van der Waals surface area contributed by atoms with Gasteiger partial charge in [-0.05, 0) is 12.1 Å². The molecular weight excluding hydrogens is 190 g/mol. The molecule has 0 saturated heterocycles. The van der Waals surface area contributed by atoms with Gasteiger partial charge in [-0.2, -0.15) is 0 Å². The van der Waals surface area contributed by atoms with Gasteiger partial charge in [-0.1, -0.05) is 0 Å².